The van der Waals surface area contributed by atoms with Crippen LogP contribution in [0.2, 0.25) is 0 Å². The highest BCUT2D eigenvalue weighted by Gasteiger charge is 2.32. The lowest BCUT2D eigenvalue weighted by Crippen LogP contribution is -2.42. The summed E-state index contributed by atoms with van der Waals surface area (Å²) in [5.41, 5.74) is 0.291. The molecule has 7 heteroatoms. The third-order valence-corrected chi connectivity index (χ3v) is 4.87. The number of carbonyl (C=O) groups is 3. The number of aliphatic carboxylic acids is 1. The molecule has 0 spiro atoms. The molecule has 1 amide bonds. The monoisotopic (exact) mass is 324 g/mol. The third kappa shape index (κ3) is 3.47. The zero-order chi connectivity index (χ0) is 16.3. The molecule has 120 valence electrons. The van der Waals surface area contributed by atoms with Gasteiger partial charge in [-0.3, -0.25) is 4.79 Å². The lowest BCUT2D eigenvalue weighted by Gasteiger charge is -2.31. The van der Waals surface area contributed by atoms with Crippen LogP contribution in [0, 0.1) is 18.8 Å². The topological polar surface area (TPSA) is 95.5 Å². The largest absolute Gasteiger partial charge is 0.550 e. The van der Waals surface area contributed by atoms with Crippen molar-refractivity contribution in [2.75, 3.05) is 12.4 Å². The molecule has 1 aliphatic carbocycles. The molecule has 1 saturated carbocycles. The first-order valence-electron chi connectivity index (χ1n) is 7.14. The van der Waals surface area contributed by atoms with Crippen molar-refractivity contribution < 1.29 is 24.2 Å². The molecule has 1 heterocycles. The number of esters is 1. The molecule has 22 heavy (non-hydrogen) atoms. The minimum Gasteiger partial charge on any atom is -0.550 e. The van der Waals surface area contributed by atoms with Gasteiger partial charge in [0.15, 0.2) is 0 Å². The van der Waals surface area contributed by atoms with Crippen LogP contribution in [0.15, 0.2) is 6.07 Å². The Hall–Kier alpha value is -1.89. The van der Waals surface area contributed by atoms with E-state index in [9.17, 15) is 19.5 Å². The fourth-order valence-electron chi connectivity index (χ4n) is 2.80. The molecule has 1 aliphatic rings. The number of ether oxygens (including phenoxy) is 1. The van der Waals surface area contributed by atoms with Crippen LogP contribution in [0.25, 0.3) is 0 Å². The maximum Gasteiger partial charge on any atom is 0.340 e. The molecule has 1 N–H and O–H groups in total. The van der Waals surface area contributed by atoms with Gasteiger partial charge in [-0.05, 0) is 25.8 Å². The number of rotatable bonds is 4. The number of anilines is 1. The Kier molecular flexibility index (Phi) is 5.18. The van der Waals surface area contributed by atoms with E-state index in [0.717, 1.165) is 17.7 Å². The Morgan fingerprint density at radius 2 is 1.91 bits per heavy atom. The first-order chi connectivity index (χ1) is 10.4. The van der Waals surface area contributed by atoms with E-state index in [1.54, 1.807) is 6.07 Å². The van der Waals surface area contributed by atoms with Crippen molar-refractivity contribution in [2.45, 2.75) is 32.6 Å². The lowest BCUT2D eigenvalue weighted by atomic mass is 9.79. The SMILES string of the molecule is COC(=O)c1cc(C)sc1NC(=O)C1CCCCC1C(=O)[O-]. The summed E-state index contributed by atoms with van der Waals surface area (Å²) in [4.78, 5) is 36.2. The maximum absolute atomic E-state index is 12.4. The molecule has 1 aromatic rings. The zero-order valence-electron chi connectivity index (χ0n) is 12.5. The summed E-state index contributed by atoms with van der Waals surface area (Å²) in [6.45, 7) is 1.82. The number of thiophene rings is 1. The Balaban J connectivity index is 2.17. The quantitative estimate of drug-likeness (QED) is 0.843. The van der Waals surface area contributed by atoms with Crippen molar-refractivity contribution in [1.82, 2.24) is 0 Å². The molecule has 0 bridgehead atoms. The van der Waals surface area contributed by atoms with E-state index in [0.29, 0.717) is 23.4 Å². The van der Waals surface area contributed by atoms with Gasteiger partial charge in [0.2, 0.25) is 5.91 Å². The summed E-state index contributed by atoms with van der Waals surface area (Å²) < 4.78 is 4.69. The third-order valence-electron chi connectivity index (χ3n) is 3.90. The molecule has 0 saturated heterocycles. The molecular formula is C15H18NO5S-. The fourth-order valence-corrected chi connectivity index (χ4v) is 3.70. The predicted molar refractivity (Wildman–Crippen MR) is 79.5 cm³/mol. The van der Waals surface area contributed by atoms with Crippen molar-refractivity contribution in [3.8, 4) is 0 Å². The molecule has 6 nitrogen and oxygen atoms in total. The van der Waals surface area contributed by atoms with Crippen molar-refractivity contribution in [2.24, 2.45) is 11.8 Å². The van der Waals surface area contributed by atoms with Crippen LogP contribution in [0.5, 0.6) is 0 Å². The van der Waals surface area contributed by atoms with Crippen LogP contribution in [0.3, 0.4) is 0 Å². The molecule has 1 aromatic heterocycles. The summed E-state index contributed by atoms with van der Waals surface area (Å²) in [5.74, 6) is -3.47. The Labute approximate surface area is 132 Å². The van der Waals surface area contributed by atoms with E-state index in [1.165, 1.54) is 18.4 Å². The van der Waals surface area contributed by atoms with E-state index < -0.39 is 23.8 Å². The molecular weight excluding hydrogens is 306 g/mol. The Morgan fingerprint density at radius 3 is 2.50 bits per heavy atom. The van der Waals surface area contributed by atoms with Gasteiger partial charge < -0.3 is 20.0 Å². The average Bonchev–Trinajstić information content (AvgIpc) is 2.86. The Bertz CT molecular complexity index is 595. The van der Waals surface area contributed by atoms with Gasteiger partial charge in [0.25, 0.3) is 0 Å². The molecule has 0 aromatic carbocycles. The van der Waals surface area contributed by atoms with Gasteiger partial charge in [-0.2, -0.15) is 0 Å². The number of hydrogen-bond donors (Lipinski definition) is 1. The average molecular weight is 324 g/mol. The van der Waals surface area contributed by atoms with Crippen molar-refractivity contribution in [3.05, 3.63) is 16.5 Å². The number of carboxylic acids is 1. The van der Waals surface area contributed by atoms with E-state index in [-0.39, 0.29) is 5.91 Å². The van der Waals surface area contributed by atoms with Crippen LogP contribution in [0.1, 0.15) is 40.9 Å². The highest BCUT2D eigenvalue weighted by molar-refractivity contribution is 7.16. The second-order valence-electron chi connectivity index (χ2n) is 5.40. The zero-order valence-corrected chi connectivity index (χ0v) is 13.3. The van der Waals surface area contributed by atoms with Gasteiger partial charge >= 0.3 is 5.97 Å². The molecule has 2 rings (SSSR count). The minimum atomic E-state index is -1.18. The highest BCUT2D eigenvalue weighted by Crippen LogP contribution is 2.33. The number of aryl methyl sites for hydroxylation is 1. The van der Waals surface area contributed by atoms with E-state index >= 15 is 0 Å². The van der Waals surface area contributed by atoms with Gasteiger partial charge in [-0.25, -0.2) is 4.79 Å². The first-order valence-corrected chi connectivity index (χ1v) is 7.96. The summed E-state index contributed by atoms with van der Waals surface area (Å²) >= 11 is 1.26. The summed E-state index contributed by atoms with van der Waals surface area (Å²) in [7, 11) is 1.27. The van der Waals surface area contributed by atoms with Crippen molar-refractivity contribution >= 4 is 34.2 Å². The molecule has 0 radical (unpaired) electrons. The Morgan fingerprint density at radius 1 is 1.27 bits per heavy atom. The van der Waals surface area contributed by atoms with Gasteiger partial charge in [-0.15, -0.1) is 11.3 Å². The summed E-state index contributed by atoms with van der Waals surface area (Å²) in [6, 6.07) is 1.64. The first kappa shape index (κ1) is 16.5. The van der Waals surface area contributed by atoms with Gasteiger partial charge in [0.05, 0.1) is 12.7 Å². The van der Waals surface area contributed by atoms with Crippen LogP contribution >= 0.6 is 11.3 Å². The van der Waals surface area contributed by atoms with Gasteiger partial charge in [0.1, 0.15) is 5.00 Å². The molecule has 1 fully saturated rings. The van der Waals surface area contributed by atoms with Crippen LogP contribution < -0.4 is 10.4 Å². The molecule has 2 unspecified atom stereocenters. The number of carbonyl (C=O) groups excluding carboxylic acids is 3. The second kappa shape index (κ2) is 6.91. The van der Waals surface area contributed by atoms with Gasteiger partial charge in [-0.1, -0.05) is 12.8 Å². The van der Waals surface area contributed by atoms with Crippen LogP contribution in [-0.2, 0) is 14.3 Å². The number of methoxy groups -OCH3 is 1. The van der Waals surface area contributed by atoms with E-state index in [4.69, 9.17) is 0 Å². The number of nitrogens with one attached hydrogen (secondary N) is 1. The fraction of sp³-hybridized carbons (Fsp3) is 0.533. The van der Waals surface area contributed by atoms with E-state index in [2.05, 4.69) is 10.1 Å². The normalized spacial score (nSPS) is 21.2. The smallest absolute Gasteiger partial charge is 0.340 e. The van der Waals surface area contributed by atoms with Gasteiger partial charge in [0, 0.05) is 22.7 Å². The summed E-state index contributed by atoms with van der Waals surface area (Å²) in [6.07, 6.45) is 2.57. The van der Waals surface area contributed by atoms with Crippen LogP contribution in [-0.4, -0.2) is 25.0 Å². The van der Waals surface area contributed by atoms with Crippen LogP contribution in [0.4, 0.5) is 5.00 Å². The number of carboxylic acid groups (broad SMARTS) is 1. The predicted octanol–water partition coefficient (Wildman–Crippen LogP) is 1.34. The lowest BCUT2D eigenvalue weighted by molar-refractivity contribution is -0.313. The maximum atomic E-state index is 12.4. The summed E-state index contributed by atoms with van der Waals surface area (Å²) in [5, 5.41) is 14.3. The standard InChI is InChI=1S/C15H19NO5S/c1-8-7-11(15(20)21-2)13(22-8)16-12(17)9-5-3-4-6-10(9)14(18)19/h7,9-10H,3-6H2,1-2H3,(H,16,17)(H,18,19)/p-1. The molecule has 2 atom stereocenters. The highest BCUT2D eigenvalue weighted by atomic mass is 32.1. The second-order valence-corrected chi connectivity index (χ2v) is 6.65. The van der Waals surface area contributed by atoms with Crippen molar-refractivity contribution in [1.29, 1.82) is 0 Å². The minimum absolute atomic E-state index is 0.291. The number of amides is 1. The number of hydrogen-bond acceptors (Lipinski definition) is 6. The van der Waals surface area contributed by atoms with Crippen molar-refractivity contribution in [3.63, 3.8) is 0 Å². The molecule has 0 aliphatic heterocycles. The van der Waals surface area contributed by atoms with E-state index in [1.807, 2.05) is 6.92 Å².